The van der Waals surface area contributed by atoms with E-state index < -0.39 is 0 Å². The lowest BCUT2D eigenvalue weighted by molar-refractivity contribution is 0.896. The van der Waals surface area contributed by atoms with Gasteiger partial charge in [-0.2, -0.15) is 5.10 Å². The predicted octanol–water partition coefficient (Wildman–Crippen LogP) is 5.24. The minimum atomic E-state index is 0.525. The summed E-state index contributed by atoms with van der Waals surface area (Å²) in [5.41, 5.74) is 1.61. The lowest BCUT2D eigenvalue weighted by Crippen LogP contribution is -2.11. The Balaban J connectivity index is 1.54. The van der Waals surface area contributed by atoms with Crippen LogP contribution >= 0.6 is 23.2 Å². The number of aromatic amines is 1. The number of nitrogens with one attached hydrogen (secondary N) is 3. The zero-order chi connectivity index (χ0) is 19.3. The molecule has 2 heterocycles. The number of rotatable bonds is 7. The summed E-state index contributed by atoms with van der Waals surface area (Å²) in [5, 5.41) is 15.6. The van der Waals surface area contributed by atoms with Crippen LogP contribution in [0.15, 0.2) is 54.7 Å². The molecule has 4 aromatic rings. The molecule has 142 valence electrons. The van der Waals surface area contributed by atoms with Gasteiger partial charge < -0.3 is 10.6 Å². The molecule has 0 spiro atoms. The Bertz CT molecular complexity index is 1080. The van der Waals surface area contributed by atoms with Crippen molar-refractivity contribution >= 4 is 45.7 Å². The molecule has 0 atom stereocenters. The van der Waals surface area contributed by atoms with Crippen molar-refractivity contribution in [1.82, 2.24) is 20.2 Å². The minimum absolute atomic E-state index is 0.525. The van der Waals surface area contributed by atoms with Gasteiger partial charge in [0, 0.05) is 29.1 Å². The lowest BCUT2D eigenvalue weighted by Gasteiger charge is -2.12. The van der Waals surface area contributed by atoms with E-state index in [4.69, 9.17) is 28.2 Å². The third-order valence-electron chi connectivity index (χ3n) is 4.24. The van der Waals surface area contributed by atoms with Crippen LogP contribution < -0.4 is 10.6 Å². The van der Waals surface area contributed by atoms with Crippen molar-refractivity contribution in [2.45, 2.75) is 6.42 Å². The van der Waals surface area contributed by atoms with E-state index in [0.29, 0.717) is 15.9 Å². The molecule has 0 radical (unpaired) electrons. The number of anilines is 2. The average Bonchev–Trinajstić information content (AvgIpc) is 3.21. The van der Waals surface area contributed by atoms with E-state index in [1.807, 2.05) is 36.4 Å². The highest BCUT2D eigenvalue weighted by Crippen LogP contribution is 2.31. The molecule has 2 aromatic carbocycles. The lowest BCUT2D eigenvalue weighted by atomic mass is 10.1. The molecule has 0 aliphatic heterocycles. The van der Waals surface area contributed by atoms with Gasteiger partial charge >= 0.3 is 0 Å². The Hall–Kier alpha value is -2.83. The van der Waals surface area contributed by atoms with Gasteiger partial charge in [-0.1, -0.05) is 35.3 Å². The smallest absolute Gasteiger partial charge is 0.163 e. The van der Waals surface area contributed by atoms with Crippen molar-refractivity contribution in [1.29, 1.82) is 0 Å². The van der Waals surface area contributed by atoms with Gasteiger partial charge in [0.2, 0.25) is 0 Å². The zero-order valence-corrected chi connectivity index (χ0v) is 16.4. The second-order valence-corrected chi connectivity index (χ2v) is 7.06. The minimum Gasteiger partial charge on any atom is -0.370 e. The van der Waals surface area contributed by atoms with Crippen molar-refractivity contribution in [3.05, 3.63) is 64.8 Å². The summed E-state index contributed by atoms with van der Waals surface area (Å²) < 4.78 is 0. The first-order chi connectivity index (χ1) is 13.7. The Kier molecular flexibility index (Phi) is 5.60. The zero-order valence-electron chi connectivity index (χ0n) is 14.9. The number of fused-ring (bicyclic) bond motifs is 1. The summed E-state index contributed by atoms with van der Waals surface area (Å²) >= 11 is 12.4. The number of para-hydroxylation sites is 1. The number of nitrogens with zero attached hydrogens (tertiary/aromatic N) is 3. The van der Waals surface area contributed by atoms with Crippen LogP contribution in [0.2, 0.25) is 10.0 Å². The number of hydrogen-bond acceptors (Lipinski definition) is 5. The van der Waals surface area contributed by atoms with E-state index >= 15 is 0 Å². The van der Waals surface area contributed by atoms with Crippen molar-refractivity contribution in [2.75, 3.05) is 23.7 Å². The SMILES string of the molecule is Clc1ccc(-c2nc(NCCCNc3ccn[nH]3)c3ccccc3n2)c(Cl)c1. The molecule has 0 saturated heterocycles. The van der Waals surface area contributed by atoms with Crippen LogP contribution in [0, 0.1) is 0 Å². The van der Waals surface area contributed by atoms with E-state index in [-0.39, 0.29) is 0 Å². The second kappa shape index (κ2) is 8.46. The molecule has 0 aliphatic rings. The van der Waals surface area contributed by atoms with E-state index in [0.717, 1.165) is 47.6 Å². The van der Waals surface area contributed by atoms with Gasteiger partial charge in [0.1, 0.15) is 11.6 Å². The average molecular weight is 413 g/mol. The Morgan fingerprint density at radius 1 is 0.929 bits per heavy atom. The topological polar surface area (TPSA) is 78.5 Å². The highest BCUT2D eigenvalue weighted by Gasteiger charge is 2.12. The molecule has 0 unspecified atom stereocenters. The van der Waals surface area contributed by atoms with Gasteiger partial charge in [0.05, 0.1) is 16.7 Å². The van der Waals surface area contributed by atoms with Crippen LogP contribution in [0.25, 0.3) is 22.3 Å². The Morgan fingerprint density at radius 2 is 1.79 bits per heavy atom. The van der Waals surface area contributed by atoms with Crippen molar-refractivity contribution in [3.8, 4) is 11.4 Å². The number of H-pyrrole nitrogens is 1. The van der Waals surface area contributed by atoms with E-state index in [9.17, 15) is 0 Å². The quantitative estimate of drug-likeness (QED) is 0.361. The molecule has 0 saturated carbocycles. The van der Waals surface area contributed by atoms with Crippen LogP contribution in [-0.2, 0) is 0 Å². The molecular formula is C20H18Cl2N6. The fourth-order valence-corrected chi connectivity index (χ4v) is 3.37. The van der Waals surface area contributed by atoms with E-state index in [2.05, 4.69) is 25.8 Å². The maximum Gasteiger partial charge on any atom is 0.163 e. The number of halogens is 2. The molecule has 8 heteroatoms. The van der Waals surface area contributed by atoms with Gasteiger partial charge in [0.15, 0.2) is 5.82 Å². The second-order valence-electron chi connectivity index (χ2n) is 6.21. The molecule has 0 fully saturated rings. The van der Waals surface area contributed by atoms with Crippen molar-refractivity contribution < 1.29 is 0 Å². The highest BCUT2D eigenvalue weighted by molar-refractivity contribution is 6.36. The summed E-state index contributed by atoms with van der Waals surface area (Å²) in [6.45, 7) is 1.57. The first-order valence-corrected chi connectivity index (χ1v) is 9.65. The summed E-state index contributed by atoms with van der Waals surface area (Å²) in [6, 6.07) is 15.1. The van der Waals surface area contributed by atoms with Crippen LogP contribution in [0.4, 0.5) is 11.6 Å². The fraction of sp³-hybridized carbons (Fsp3) is 0.150. The van der Waals surface area contributed by atoms with E-state index in [1.165, 1.54) is 0 Å². The summed E-state index contributed by atoms with van der Waals surface area (Å²) in [4.78, 5) is 9.40. The Labute approximate surface area is 172 Å². The predicted molar refractivity (Wildman–Crippen MR) is 115 cm³/mol. The molecule has 3 N–H and O–H groups in total. The Morgan fingerprint density at radius 3 is 2.61 bits per heavy atom. The fourth-order valence-electron chi connectivity index (χ4n) is 2.88. The molecule has 2 aromatic heterocycles. The summed E-state index contributed by atoms with van der Waals surface area (Å²) in [7, 11) is 0. The summed E-state index contributed by atoms with van der Waals surface area (Å²) in [6.07, 6.45) is 2.63. The van der Waals surface area contributed by atoms with E-state index in [1.54, 1.807) is 18.3 Å². The number of aromatic nitrogens is 4. The van der Waals surface area contributed by atoms with Gasteiger partial charge in [-0.3, -0.25) is 5.10 Å². The monoisotopic (exact) mass is 412 g/mol. The number of hydrogen-bond donors (Lipinski definition) is 3. The third kappa shape index (κ3) is 4.18. The van der Waals surface area contributed by atoms with Crippen LogP contribution in [0.3, 0.4) is 0 Å². The molecule has 6 nitrogen and oxygen atoms in total. The molecule has 28 heavy (non-hydrogen) atoms. The summed E-state index contributed by atoms with van der Waals surface area (Å²) in [5.74, 6) is 2.26. The normalized spacial score (nSPS) is 10.9. The van der Waals surface area contributed by atoms with Crippen LogP contribution in [-0.4, -0.2) is 33.3 Å². The molecular weight excluding hydrogens is 395 g/mol. The van der Waals surface area contributed by atoms with Crippen LogP contribution in [0.5, 0.6) is 0 Å². The first-order valence-electron chi connectivity index (χ1n) is 8.90. The largest absolute Gasteiger partial charge is 0.370 e. The molecule has 0 amide bonds. The molecule has 0 aliphatic carbocycles. The maximum absolute atomic E-state index is 6.36. The first kappa shape index (κ1) is 18.5. The van der Waals surface area contributed by atoms with Gasteiger partial charge in [-0.05, 0) is 42.8 Å². The van der Waals surface area contributed by atoms with Gasteiger partial charge in [0.25, 0.3) is 0 Å². The maximum atomic E-state index is 6.36. The number of benzene rings is 2. The molecule has 0 bridgehead atoms. The third-order valence-corrected chi connectivity index (χ3v) is 4.79. The van der Waals surface area contributed by atoms with Crippen molar-refractivity contribution in [3.63, 3.8) is 0 Å². The van der Waals surface area contributed by atoms with Crippen LogP contribution in [0.1, 0.15) is 6.42 Å². The standard InChI is InChI=1S/C20H18Cl2N6/c21-13-6-7-14(16(22)12-13)20-26-17-5-2-1-4-15(17)19(27-20)24-10-3-9-23-18-8-11-25-28-18/h1-2,4-8,11-12H,3,9-10H2,(H2,23,25,28)(H,24,26,27). The highest BCUT2D eigenvalue weighted by atomic mass is 35.5. The van der Waals surface area contributed by atoms with Gasteiger partial charge in [-0.25, -0.2) is 9.97 Å². The van der Waals surface area contributed by atoms with Crippen molar-refractivity contribution in [2.24, 2.45) is 0 Å². The van der Waals surface area contributed by atoms with Gasteiger partial charge in [-0.15, -0.1) is 0 Å². The molecule has 4 rings (SSSR count).